The molecule has 0 bridgehead atoms. The number of benzene rings is 2. The lowest BCUT2D eigenvalue weighted by Crippen LogP contribution is -2.33. The number of aliphatic hydroxyl groups is 1. The van der Waals surface area contributed by atoms with Crippen molar-refractivity contribution in [2.24, 2.45) is 0 Å². The molecule has 1 amide bonds. The third-order valence-corrected chi connectivity index (χ3v) is 5.02. The van der Waals surface area contributed by atoms with Crippen LogP contribution in [0.1, 0.15) is 23.1 Å². The van der Waals surface area contributed by atoms with Crippen molar-refractivity contribution in [1.29, 1.82) is 0 Å². The zero-order valence-electron chi connectivity index (χ0n) is 14.0. The second-order valence-electron chi connectivity index (χ2n) is 6.52. The maximum Gasteiger partial charge on any atom is 0.224 e. The second kappa shape index (κ2) is 6.59. The highest BCUT2D eigenvalue weighted by molar-refractivity contribution is 6.30. The molecule has 1 aliphatic heterocycles. The number of hydrogen-bond donors (Lipinski definition) is 2. The normalized spacial score (nSPS) is 15.8. The van der Waals surface area contributed by atoms with E-state index in [1.165, 1.54) is 0 Å². The Morgan fingerprint density at radius 1 is 1.15 bits per heavy atom. The van der Waals surface area contributed by atoms with Gasteiger partial charge in [0.15, 0.2) is 0 Å². The van der Waals surface area contributed by atoms with Gasteiger partial charge >= 0.3 is 0 Å². The van der Waals surface area contributed by atoms with E-state index in [0.29, 0.717) is 24.4 Å². The van der Waals surface area contributed by atoms with Crippen molar-refractivity contribution in [3.63, 3.8) is 0 Å². The van der Waals surface area contributed by atoms with E-state index in [0.717, 1.165) is 22.4 Å². The Morgan fingerprint density at radius 3 is 2.65 bits per heavy atom. The largest absolute Gasteiger partial charge is 0.378 e. The molecule has 1 atom stereocenters. The van der Waals surface area contributed by atoms with Crippen LogP contribution in [0, 0.1) is 0 Å². The van der Waals surface area contributed by atoms with Gasteiger partial charge in [0.05, 0.1) is 12.9 Å². The van der Waals surface area contributed by atoms with Crippen molar-refractivity contribution >= 4 is 23.2 Å². The average Bonchev–Trinajstić information content (AvgIpc) is 3.14. The Labute approximate surface area is 156 Å². The standard InChI is InChI=1S/C20H18ClN3O2/c21-17-5-2-15(3-6-17)20(26,12-24-10-9-22-13-24)16-4-7-18-14(11-16)1-8-19(25)23-18/h2-7,9-11,13,26H,1,8,12H2,(H,23,25). The minimum Gasteiger partial charge on any atom is -0.378 e. The summed E-state index contributed by atoms with van der Waals surface area (Å²) in [7, 11) is 0. The van der Waals surface area contributed by atoms with Crippen LogP contribution in [0.5, 0.6) is 0 Å². The number of halogens is 1. The number of carbonyl (C=O) groups is 1. The van der Waals surface area contributed by atoms with Crippen LogP contribution >= 0.6 is 11.6 Å². The van der Waals surface area contributed by atoms with E-state index in [-0.39, 0.29) is 5.91 Å². The number of nitrogens with zero attached hydrogens (tertiary/aromatic N) is 2. The molecule has 5 nitrogen and oxygen atoms in total. The summed E-state index contributed by atoms with van der Waals surface area (Å²) in [5.41, 5.74) is 2.10. The van der Waals surface area contributed by atoms with Crippen LogP contribution in [-0.2, 0) is 23.4 Å². The third kappa shape index (κ3) is 3.11. The first-order valence-electron chi connectivity index (χ1n) is 8.42. The lowest BCUT2D eigenvalue weighted by molar-refractivity contribution is -0.116. The van der Waals surface area contributed by atoms with Crippen LogP contribution in [-0.4, -0.2) is 20.6 Å². The quantitative estimate of drug-likeness (QED) is 0.743. The topological polar surface area (TPSA) is 67.1 Å². The molecule has 132 valence electrons. The van der Waals surface area contributed by atoms with Crippen LogP contribution in [0.25, 0.3) is 0 Å². The van der Waals surface area contributed by atoms with Crippen LogP contribution in [0.2, 0.25) is 5.02 Å². The van der Waals surface area contributed by atoms with Gasteiger partial charge in [0.25, 0.3) is 0 Å². The smallest absolute Gasteiger partial charge is 0.224 e. The van der Waals surface area contributed by atoms with Crippen molar-refractivity contribution in [2.45, 2.75) is 25.0 Å². The molecule has 1 aliphatic rings. The van der Waals surface area contributed by atoms with Crippen molar-refractivity contribution in [2.75, 3.05) is 5.32 Å². The fraction of sp³-hybridized carbons (Fsp3) is 0.200. The Kier molecular flexibility index (Phi) is 4.26. The van der Waals surface area contributed by atoms with Gasteiger partial charge in [0.2, 0.25) is 5.91 Å². The Morgan fingerprint density at radius 2 is 1.92 bits per heavy atom. The van der Waals surface area contributed by atoms with Gasteiger partial charge in [-0.05, 0) is 41.3 Å². The highest BCUT2D eigenvalue weighted by Crippen LogP contribution is 2.35. The van der Waals surface area contributed by atoms with E-state index in [1.54, 1.807) is 24.7 Å². The van der Waals surface area contributed by atoms with Crippen molar-refractivity contribution in [3.8, 4) is 0 Å². The van der Waals surface area contributed by atoms with Gasteiger partial charge in [0, 0.05) is 29.5 Å². The summed E-state index contributed by atoms with van der Waals surface area (Å²) in [6.07, 6.45) is 6.30. The van der Waals surface area contributed by atoms with E-state index >= 15 is 0 Å². The summed E-state index contributed by atoms with van der Waals surface area (Å²) in [6, 6.07) is 12.9. The molecule has 1 aromatic heterocycles. The number of imidazole rings is 1. The Bertz CT molecular complexity index is 938. The Balaban J connectivity index is 1.80. The van der Waals surface area contributed by atoms with Crippen molar-refractivity contribution in [3.05, 3.63) is 82.9 Å². The molecule has 4 rings (SSSR count). The molecular weight excluding hydrogens is 350 g/mol. The lowest BCUT2D eigenvalue weighted by atomic mass is 9.84. The van der Waals surface area contributed by atoms with Gasteiger partial charge in [-0.3, -0.25) is 4.79 Å². The first kappa shape index (κ1) is 16.8. The van der Waals surface area contributed by atoms with E-state index in [2.05, 4.69) is 10.3 Å². The van der Waals surface area contributed by atoms with Crippen molar-refractivity contribution < 1.29 is 9.90 Å². The molecule has 2 N–H and O–H groups in total. The summed E-state index contributed by atoms with van der Waals surface area (Å²) in [5, 5.41) is 15.2. The molecule has 26 heavy (non-hydrogen) atoms. The Hall–Kier alpha value is -2.63. The monoisotopic (exact) mass is 367 g/mol. The van der Waals surface area contributed by atoms with Crippen LogP contribution in [0.4, 0.5) is 5.69 Å². The number of hydrogen-bond acceptors (Lipinski definition) is 3. The van der Waals surface area contributed by atoms with Gasteiger partial charge in [-0.1, -0.05) is 35.9 Å². The molecular formula is C20H18ClN3O2. The molecule has 0 aliphatic carbocycles. The summed E-state index contributed by atoms with van der Waals surface area (Å²) < 4.78 is 1.84. The summed E-state index contributed by atoms with van der Waals surface area (Å²) in [6.45, 7) is 0.319. The minimum atomic E-state index is -1.25. The van der Waals surface area contributed by atoms with Crippen LogP contribution in [0.15, 0.2) is 61.2 Å². The van der Waals surface area contributed by atoms with Crippen molar-refractivity contribution in [1.82, 2.24) is 9.55 Å². The summed E-state index contributed by atoms with van der Waals surface area (Å²) >= 11 is 6.02. The zero-order chi connectivity index (χ0) is 18.1. The van der Waals surface area contributed by atoms with E-state index in [9.17, 15) is 9.90 Å². The number of aromatic nitrogens is 2. The molecule has 6 heteroatoms. The van der Waals surface area contributed by atoms with Crippen LogP contribution < -0.4 is 5.32 Å². The minimum absolute atomic E-state index is 0.0247. The predicted molar refractivity (Wildman–Crippen MR) is 100 cm³/mol. The van der Waals surface area contributed by atoms with Crippen LogP contribution in [0.3, 0.4) is 0 Å². The fourth-order valence-corrected chi connectivity index (χ4v) is 3.49. The number of fused-ring (bicyclic) bond motifs is 1. The zero-order valence-corrected chi connectivity index (χ0v) is 14.8. The first-order valence-corrected chi connectivity index (χ1v) is 8.80. The molecule has 0 saturated heterocycles. The average molecular weight is 368 g/mol. The number of rotatable bonds is 4. The fourth-order valence-electron chi connectivity index (χ4n) is 3.36. The maximum absolute atomic E-state index is 11.7. The molecule has 0 fully saturated rings. The third-order valence-electron chi connectivity index (χ3n) is 4.77. The molecule has 2 heterocycles. The second-order valence-corrected chi connectivity index (χ2v) is 6.96. The van der Waals surface area contributed by atoms with Gasteiger partial charge in [-0.25, -0.2) is 4.98 Å². The number of nitrogens with one attached hydrogen (secondary N) is 1. The maximum atomic E-state index is 11.7. The van der Waals surface area contributed by atoms with Gasteiger partial charge in [0.1, 0.15) is 5.60 Å². The summed E-state index contributed by atoms with van der Waals surface area (Å²) in [5.74, 6) is 0.0247. The molecule has 0 radical (unpaired) electrons. The predicted octanol–water partition coefficient (Wildman–Crippen LogP) is 3.36. The van der Waals surface area contributed by atoms with Gasteiger partial charge < -0.3 is 15.0 Å². The molecule has 0 saturated carbocycles. The van der Waals surface area contributed by atoms with Gasteiger partial charge in [-0.2, -0.15) is 0 Å². The van der Waals surface area contributed by atoms with E-state index < -0.39 is 5.60 Å². The lowest BCUT2D eigenvalue weighted by Gasteiger charge is -2.31. The van der Waals surface area contributed by atoms with E-state index in [4.69, 9.17) is 11.6 Å². The van der Waals surface area contributed by atoms with E-state index in [1.807, 2.05) is 41.1 Å². The SMILES string of the molecule is O=C1CCc2cc(C(O)(Cn3ccnc3)c3ccc(Cl)cc3)ccc2N1. The summed E-state index contributed by atoms with van der Waals surface area (Å²) in [4.78, 5) is 15.7. The number of anilines is 1. The highest BCUT2D eigenvalue weighted by atomic mass is 35.5. The highest BCUT2D eigenvalue weighted by Gasteiger charge is 2.33. The molecule has 3 aromatic rings. The first-order chi connectivity index (χ1) is 12.5. The number of aryl methyl sites for hydroxylation is 1. The van der Waals surface area contributed by atoms with Gasteiger partial charge in [-0.15, -0.1) is 0 Å². The number of carbonyl (C=O) groups excluding carboxylic acids is 1. The molecule has 2 aromatic carbocycles. The molecule has 1 unspecified atom stereocenters. The molecule has 0 spiro atoms. The number of amides is 1.